The van der Waals surface area contributed by atoms with Gasteiger partial charge in [0.15, 0.2) is 0 Å². The van der Waals surface area contributed by atoms with Crippen LogP contribution in [-0.2, 0) is 20.9 Å². The smallest absolute Gasteiger partial charge is 0.344 e. The van der Waals surface area contributed by atoms with Crippen LogP contribution in [0.1, 0.15) is 31.4 Å². The number of carbonyl (C=O) groups excluding carboxylic acids is 2. The molecule has 166 valence electrons. The van der Waals surface area contributed by atoms with Crippen molar-refractivity contribution in [2.45, 2.75) is 26.9 Å². The monoisotopic (exact) mass is 471 g/mol. The fourth-order valence-corrected chi connectivity index (χ4v) is 3.95. The molecular weight excluding hydrogens is 450 g/mol. The molecule has 0 unspecified atom stereocenters. The lowest BCUT2D eigenvalue weighted by Crippen LogP contribution is -2.14. The van der Waals surface area contributed by atoms with E-state index in [1.54, 1.807) is 32.1 Å². The maximum absolute atomic E-state index is 12.4. The van der Waals surface area contributed by atoms with Gasteiger partial charge in [-0.25, -0.2) is 9.79 Å². The number of halogens is 1. The predicted octanol–water partition coefficient (Wildman–Crippen LogP) is 5.72. The first-order valence-electron chi connectivity index (χ1n) is 10.0. The van der Waals surface area contributed by atoms with E-state index in [0.29, 0.717) is 27.8 Å². The van der Waals surface area contributed by atoms with Gasteiger partial charge in [-0.05, 0) is 36.8 Å². The molecule has 32 heavy (non-hydrogen) atoms. The Morgan fingerprint density at radius 2 is 1.84 bits per heavy atom. The summed E-state index contributed by atoms with van der Waals surface area (Å²) < 4.78 is 11.0. The van der Waals surface area contributed by atoms with Crippen molar-refractivity contribution in [3.8, 4) is 5.75 Å². The van der Waals surface area contributed by atoms with E-state index in [1.165, 1.54) is 0 Å². The third-order valence-corrected chi connectivity index (χ3v) is 5.68. The van der Waals surface area contributed by atoms with Gasteiger partial charge in [0, 0.05) is 17.0 Å². The molecule has 0 fully saturated rings. The summed E-state index contributed by atoms with van der Waals surface area (Å²) in [5, 5.41) is 11.5. The number of nitrogens with zero attached hydrogens (tertiary/aromatic N) is 1. The normalized spacial score (nSPS) is 16.0. The molecule has 0 aliphatic carbocycles. The minimum Gasteiger partial charge on any atom is -0.506 e. The zero-order chi connectivity index (χ0) is 23.1. The molecule has 0 aromatic heterocycles. The lowest BCUT2D eigenvalue weighted by Gasteiger charge is -2.10. The molecule has 0 radical (unpaired) electrons. The van der Waals surface area contributed by atoms with E-state index in [2.05, 4.69) is 4.99 Å². The second kappa shape index (κ2) is 11.0. The summed E-state index contributed by atoms with van der Waals surface area (Å²) in [6.45, 7) is 3.80. The van der Waals surface area contributed by atoms with E-state index in [1.807, 2.05) is 36.4 Å². The maximum Gasteiger partial charge on any atom is 0.344 e. The van der Waals surface area contributed by atoms with E-state index in [4.69, 9.17) is 21.1 Å². The molecule has 0 saturated heterocycles. The number of hydrogen-bond acceptors (Lipinski definition) is 6. The second-order valence-corrected chi connectivity index (χ2v) is 8.14. The molecule has 1 amide bonds. The number of amides is 1. The summed E-state index contributed by atoms with van der Waals surface area (Å²) >= 11 is 6.97. The zero-order valence-corrected chi connectivity index (χ0v) is 19.2. The number of rotatable bonds is 7. The van der Waals surface area contributed by atoms with Gasteiger partial charge in [0.1, 0.15) is 28.7 Å². The molecule has 1 aliphatic rings. The Balaban J connectivity index is 1.91. The topological polar surface area (TPSA) is 85.2 Å². The molecule has 6 nitrogen and oxygen atoms in total. The third-order valence-electron chi connectivity index (χ3n) is 4.41. The molecule has 2 aromatic rings. The lowest BCUT2D eigenvalue weighted by atomic mass is 10.1. The largest absolute Gasteiger partial charge is 0.506 e. The first kappa shape index (κ1) is 23.6. The van der Waals surface area contributed by atoms with E-state index in [-0.39, 0.29) is 29.4 Å². The van der Waals surface area contributed by atoms with Crippen LogP contribution < -0.4 is 4.74 Å². The highest BCUT2D eigenvalue weighted by Gasteiger charge is 2.33. The summed E-state index contributed by atoms with van der Waals surface area (Å²) in [5.74, 6) is -0.800. The van der Waals surface area contributed by atoms with Crippen LogP contribution >= 0.6 is 23.4 Å². The molecule has 8 heteroatoms. The van der Waals surface area contributed by atoms with Crippen molar-refractivity contribution in [2.24, 2.45) is 4.99 Å². The van der Waals surface area contributed by atoms with Gasteiger partial charge in [0.2, 0.25) is 5.91 Å². The van der Waals surface area contributed by atoms with Gasteiger partial charge < -0.3 is 14.6 Å². The van der Waals surface area contributed by atoms with Crippen LogP contribution in [0.2, 0.25) is 5.02 Å². The van der Waals surface area contributed by atoms with Gasteiger partial charge in [-0.15, -0.1) is 0 Å². The number of aliphatic hydroxyl groups excluding tert-OH is 1. The predicted molar refractivity (Wildman–Crippen MR) is 127 cm³/mol. The van der Waals surface area contributed by atoms with Crippen molar-refractivity contribution < 1.29 is 24.2 Å². The van der Waals surface area contributed by atoms with Crippen LogP contribution in [0.3, 0.4) is 0 Å². The zero-order valence-electron chi connectivity index (χ0n) is 17.6. The van der Waals surface area contributed by atoms with Gasteiger partial charge in [0.25, 0.3) is 0 Å². The van der Waals surface area contributed by atoms with E-state index in [0.717, 1.165) is 17.3 Å². The Morgan fingerprint density at radius 1 is 1.12 bits per heavy atom. The molecule has 1 aliphatic heterocycles. The number of para-hydroxylation sites is 1. The quantitative estimate of drug-likeness (QED) is 0.520. The van der Waals surface area contributed by atoms with Gasteiger partial charge in [-0.3, -0.25) is 4.79 Å². The van der Waals surface area contributed by atoms with Crippen molar-refractivity contribution >= 4 is 46.4 Å². The Bertz CT molecular complexity index is 1110. The molecular formula is C24H22ClNO5S. The minimum atomic E-state index is -0.726. The van der Waals surface area contributed by atoms with Crippen molar-refractivity contribution in [1.82, 2.24) is 0 Å². The van der Waals surface area contributed by atoms with E-state index < -0.39 is 11.9 Å². The minimum absolute atomic E-state index is 0.107. The molecule has 3 rings (SSSR count). The first-order chi connectivity index (χ1) is 15.4. The molecule has 0 bridgehead atoms. The van der Waals surface area contributed by atoms with E-state index in [9.17, 15) is 14.7 Å². The van der Waals surface area contributed by atoms with Gasteiger partial charge in [0.05, 0.1) is 11.5 Å². The van der Waals surface area contributed by atoms with Gasteiger partial charge in [-0.2, -0.15) is 0 Å². The number of ether oxygens (including phenoxy) is 2. The molecule has 0 atom stereocenters. The van der Waals surface area contributed by atoms with Crippen molar-refractivity contribution in [3.05, 3.63) is 80.9 Å². The summed E-state index contributed by atoms with van der Waals surface area (Å²) in [5.41, 5.74) is 1.54. The second-order valence-electron chi connectivity index (χ2n) is 6.67. The number of esters is 1. The number of aliphatic imine (C=N–C) groups is 1. The van der Waals surface area contributed by atoms with E-state index >= 15 is 0 Å². The van der Waals surface area contributed by atoms with Crippen LogP contribution in [0.15, 0.2) is 69.8 Å². The SMILES string of the molecule is CCOC(=O)C1=C(O)/C(=C/c2ccccc2OCc2ccc(Cl)cc2)SC1=NC(=O)CC. The van der Waals surface area contributed by atoms with Crippen LogP contribution in [0.5, 0.6) is 5.75 Å². The van der Waals surface area contributed by atoms with Crippen LogP contribution in [0, 0.1) is 0 Å². The Hall–Kier alpha value is -3.03. The fourth-order valence-electron chi connectivity index (χ4n) is 2.80. The Morgan fingerprint density at radius 3 is 2.53 bits per heavy atom. The van der Waals surface area contributed by atoms with Crippen molar-refractivity contribution in [3.63, 3.8) is 0 Å². The highest BCUT2D eigenvalue weighted by atomic mass is 35.5. The Labute approximate surface area is 195 Å². The maximum atomic E-state index is 12.4. The number of thioether (sulfide) groups is 1. The molecule has 1 heterocycles. The number of benzene rings is 2. The van der Waals surface area contributed by atoms with Crippen LogP contribution in [-0.4, -0.2) is 28.6 Å². The number of hydrogen-bond donors (Lipinski definition) is 1. The lowest BCUT2D eigenvalue weighted by molar-refractivity contribution is -0.138. The third kappa shape index (κ3) is 5.81. The van der Waals surface area contributed by atoms with Crippen molar-refractivity contribution in [1.29, 1.82) is 0 Å². The summed E-state index contributed by atoms with van der Waals surface area (Å²) in [6.07, 6.45) is 1.87. The molecule has 0 saturated carbocycles. The first-order valence-corrected chi connectivity index (χ1v) is 11.2. The fraction of sp³-hybridized carbons (Fsp3) is 0.208. The van der Waals surface area contributed by atoms with Gasteiger partial charge in [-0.1, -0.05) is 60.6 Å². The summed E-state index contributed by atoms with van der Waals surface area (Å²) in [7, 11) is 0. The van der Waals surface area contributed by atoms with Gasteiger partial charge >= 0.3 is 5.97 Å². The standard InChI is InChI=1S/C24H22ClNO5S/c1-3-20(27)26-23-21(24(29)30-4-2)22(28)19(32-23)13-16-7-5-6-8-18(16)31-14-15-9-11-17(25)12-10-15/h5-13,28H,3-4,14H2,1-2H3/b19-13-,26-23?. The Kier molecular flexibility index (Phi) is 8.14. The molecule has 2 aromatic carbocycles. The van der Waals surface area contributed by atoms with Crippen molar-refractivity contribution in [2.75, 3.05) is 6.61 Å². The highest BCUT2D eigenvalue weighted by molar-refractivity contribution is 8.18. The summed E-state index contributed by atoms with van der Waals surface area (Å²) in [6, 6.07) is 14.7. The number of carbonyl (C=O) groups is 2. The summed E-state index contributed by atoms with van der Waals surface area (Å²) in [4.78, 5) is 28.6. The molecule has 0 spiro atoms. The van der Waals surface area contributed by atoms with Crippen LogP contribution in [0.4, 0.5) is 0 Å². The number of aliphatic hydroxyl groups is 1. The highest BCUT2D eigenvalue weighted by Crippen LogP contribution is 2.40. The average molecular weight is 472 g/mol. The molecule has 1 N–H and O–H groups in total. The van der Waals surface area contributed by atoms with Crippen LogP contribution in [0.25, 0.3) is 6.08 Å². The average Bonchev–Trinajstić information content (AvgIpc) is 3.08.